The fourth-order valence-electron chi connectivity index (χ4n) is 2.13. The normalized spacial score (nSPS) is 12.1. The molecule has 1 heterocycles. The highest BCUT2D eigenvalue weighted by Gasteiger charge is 2.16. The first-order valence-corrected chi connectivity index (χ1v) is 8.10. The molecule has 5 nitrogen and oxygen atoms in total. The molecule has 0 spiro atoms. The van der Waals surface area contributed by atoms with E-state index in [4.69, 9.17) is 4.74 Å². The van der Waals surface area contributed by atoms with Gasteiger partial charge in [-0.25, -0.2) is 4.98 Å². The molecule has 0 aliphatic carbocycles. The van der Waals surface area contributed by atoms with E-state index in [1.807, 2.05) is 55.5 Å². The highest BCUT2D eigenvalue weighted by Crippen LogP contribution is 2.26. The Balaban J connectivity index is 1.69. The standard InChI is InChI=1S/C17H17N3O2S/c1-11(16(21)18-12-6-4-3-5-7-12)23-17-19-14-9-8-13(22-2)10-15(14)20-17/h3-11H,1-2H3,(H,18,21)(H,19,20). The predicted octanol–water partition coefficient (Wildman–Crippen LogP) is 3.69. The molecule has 1 amide bonds. The lowest BCUT2D eigenvalue weighted by Crippen LogP contribution is -2.22. The van der Waals surface area contributed by atoms with E-state index < -0.39 is 0 Å². The SMILES string of the molecule is COc1ccc2nc(SC(C)C(=O)Nc3ccccc3)[nH]c2c1. The number of benzene rings is 2. The molecule has 0 aliphatic rings. The molecule has 1 unspecified atom stereocenters. The maximum atomic E-state index is 12.2. The Morgan fingerprint density at radius 1 is 1.26 bits per heavy atom. The van der Waals surface area contributed by atoms with Crippen molar-refractivity contribution in [2.45, 2.75) is 17.3 Å². The number of fused-ring (bicyclic) bond motifs is 1. The predicted molar refractivity (Wildman–Crippen MR) is 93.0 cm³/mol. The number of ether oxygens (including phenoxy) is 1. The molecule has 0 bridgehead atoms. The van der Waals surface area contributed by atoms with Gasteiger partial charge in [0.2, 0.25) is 5.91 Å². The number of anilines is 1. The highest BCUT2D eigenvalue weighted by molar-refractivity contribution is 8.00. The topological polar surface area (TPSA) is 67.0 Å². The number of methoxy groups -OCH3 is 1. The van der Waals surface area contributed by atoms with Crippen molar-refractivity contribution in [3.63, 3.8) is 0 Å². The van der Waals surface area contributed by atoms with E-state index in [1.54, 1.807) is 7.11 Å². The van der Waals surface area contributed by atoms with Gasteiger partial charge in [0.25, 0.3) is 0 Å². The Hall–Kier alpha value is -2.47. The Labute approximate surface area is 138 Å². The van der Waals surface area contributed by atoms with E-state index >= 15 is 0 Å². The number of nitrogens with one attached hydrogen (secondary N) is 2. The van der Waals surface area contributed by atoms with E-state index in [1.165, 1.54) is 11.8 Å². The first-order chi connectivity index (χ1) is 11.2. The van der Waals surface area contributed by atoms with Crippen LogP contribution in [0.5, 0.6) is 5.75 Å². The average Bonchev–Trinajstić information content (AvgIpc) is 2.96. The lowest BCUT2D eigenvalue weighted by molar-refractivity contribution is -0.115. The number of rotatable bonds is 5. The number of carbonyl (C=O) groups excluding carboxylic acids is 1. The molecule has 0 aliphatic heterocycles. The Morgan fingerprint density at radius 2 is 2.04 bits per heavy atom. The molecule has 0 saturated heterocycles. The Kier molecular flexibility index (Phi) is 4.52. The summed E-state index contributed by atoms with van der Waals surface area (Å²) in [5.41, 5.74) is 2.53. The van der Waals surface area contributed by atoms with Gasteiger partial charge in [-0.1, -0.05) is 30.0 Å². The lowest BCUT2D eigenvalue weighted by atomic mass is 10.3. The summed E-state index contributed by atoms with van der Waals surface area (Å²) in [6.07, 6.45) is 0. The van der Waals surface area contributed by atoms with E-state index in [0.29, 0.717) is 5.16 Å². The van der Waals surface area contributed by atoms with Crippen LogP contribution in [-0.2, 0) is 4.79 Å². The van der Waals surface area contributed by atoms with Crippen molar-refractivity contribution in [1.29, 1.82) is 0 Å². The zero-order chi connectivity index (χ0) is 16.2. The second kappa shape index (κ2) is 6.75. The summed E-state index contributed by atoms with van der Waals surface area (Å²) in [6, 6.07) is 15.1. The molecule has 2 aromatic carbocycles. The summed E-state index contributed by atoms with van der Waals surface area (Å²) in [5, 5.41) is 3.34. The minimum absolute atomic E-state index is 0.0563. The summed E-state index contributed by atoms with van der Waals surface area (Å²) < 4.78 is 5.20. The van der Waals surface area contributed by atoms with Crippen LogP contribution in [0.4, 0.5) is 5.69 Å². The number of para-hydroxylation sites is 1. The van der Waals surface area contributed by atoms with Gasteiger partial charge in [0, 0.05) is 11.8 Å². The van der Waals surface area contributed by atoms with Gasteiger partial charge in [-0.3, -0.25) is 4.79 Å². The number of imidazole rings is 1. The van der Waals surface area contributed by atoms with E-state index in [2.05, 4.69) is 15.3 Å². The van der Waals surface area contributed by atoms with Crippen molar-refractivity contribution in [3.05, 3.63) is 48.5 Å². The first kappa shape index (κ1) is 15.4. The number of carbonyl (C=O) groups is 1. The molecule has 3 aromatic rings. The van der Waals surface area contributed by atoms with Crippen LogP contribution in [-0.4, -0.2) is 28.2 Å². The van der Waals surface area contributed by atoms with E-state index in [-0.39, 0.29) is 11.2 Å². The van der Waals surface area contributed by atoms with Gasteiger partial charge >= 0.3 is 0 Å². The summed E-state index contributed by atoms with van der Waals surface area (Å²) in [7, 11) is 1.63. The summed E-state index contributed by atoms with van der Waals surface area (Å²) in [6.45, 7) is 1.86. The maximum absolute atomic E-state index is 12.2. The van der Waals surface area contributed by atoms with Crippen molar-refractivity contribution in [3.8, 4) is 5.75 Å². The minimum atomic E-state index is -0.266. The zero-order valence-corrected chi connectivity index (χ0v) is 13.7. The fourth-order valence-corrected chi connectivity index (χ4v) is 2.96. The summed E-state index contributed by atoms with van der Waals surface area (Å²) >= 11 is 1.39. The van der Waals surface area contributed by atoms with Gasteiger partial charge in [-0.2, -0.15) is 0 Å². The number of thioether (sulfide) groups is 1. The average molecular weight is 327 g/mol. The van der Waals surface area contributed by atoms with Crippen LogP contribution in [0.2, 0.25) is 0 Å². The van der Waals surface area contributed by atoms with Gasteiger partial charge in [0.05, 0.1) is 23.4 Å². The quantitative estimate of drug-likeness (QED) is 0.701. The smallest absolute Gasteiger partial charge is 0.237 e. The minimum Gasteiger partial charge on any atom is -0.497 e. The van der Waals surface area contributed by atoms with Gasteiger partial charge in [-0.15, -0.1) is 0 Å². The molecule has 23 heavy (non-hydrogen) atoms. The van der Waals surface area contributed by atoms with Crippen LogP contribution in [0, 0.1) is 0 Å². The molecule has 118 valence electrons. The monoisotopic (exact) mass is 327 g/mol. The summed E-state index contributed by atoms with van der Waals surface area (Å²) in [4.78, 5) is 19.9. The zero-order valence-electron chi connectivity index (χ0n) is 12.9. The molecule has 1 aromatic heterocycles. The molecular formula is C17H17N3O2S. The van der Waals surface area contributed by atoms with Gasteiger partial charge in [0.1, 0.15) is 5.75 Å². The van der Waals surface area contributed by atoms with Crippen molar-refractivity contribution in [2.24, 2.45) is 0 Å². The third kappa shape index (κ3) is 3.65. The number of hydrogen-bond acceptors (Lipinski definition) is 4. The summed E-state index contributed by atoms with van der Waals surface area (Å²) in [5.74, 6) is 0.715. The number of aromatic amines is 1. The molecule has 6 heteroatoms. The third-order valence-electron chi connectivity index (χ3n) is 3.37. The van der Waals surface area contributed by atoms with Gasteiger partial charge < -0.3 is 15.0 Å². The van der Waals surface area contributed by atoms with E-state index in [9.17, 15) is 4.79 Å². The Bertz CT molecular complexity index is 817. The number of amides is 1. The Morgan fingerprint density at radius 3 is 2.78 bits per heavy atom. The van der Waals surface area contributed by atoms with E-state index in [0.717, 1.165) is 22.5 Å². The fraction of sp³-hybridized carbons (Fsp3) is 0.176. The van der Waals surface area contributed by atoms with Crippen molar-refractivity contribution in [2.75, 3.05) is 12.4 Å². The van der Waals surface area contributed by atoms with Crippen LogP contribution < -0.4 is 10.1 Å². The maximum Gasteiger partial charge on any atom is 0.237 e. The molecule has 0 saturated carbocycles. The van der Waals surface area contributed by atoms with Gasteiger partial charge in [0.15, 0.2) is 5.16 Å². The van der Waals surface area contributed by atoms with Crippen LogP contribution in [0.15, 0.2) is 53.7 Å². The lowest BCUT2D eigenvalue weighted by Gasteiger charge is -2.10. The third-order valence-corrected chi connectivity index (χ3v) is 4.35. The second-order valence-corrected chi connectivity index (χ2v) is 6.37. The van der Waals surface area contributed by atoms with Crippen LogP contribution >= 0.6 is 11.8 Å². The molecule has 1 atom stereocenters. The molecule has 0 fully saturated rings. The van der Waals surface area contributed by atoms with Crippen molar-refractivity contribution in [1.82, 2.24) is 9.97 Å². The molecule has 2 N–H and O–H groups in total. The number of nitrogens with zero attached hydrogens (tertiary/aromatic N) is 1. The number of H-pyrrole nitrogens is 1. The van der Waals surface area contributed by atoms with Crippen LogP contribution in [0.1, 0.15) is 6.92 Å². The second-order valence-electron chi connectivity index (χ2n) is 5.04. The first-order valence-electron chi connectivity index (χ1n) is 7.22. The van der Waals surface area contributed by atoms with Crippen LogP contribution in [0.3, 0.4) is 0 Å². The van der Waals surface area contributed by atoms with Crippen LogP contribution in [0.25, 0.3) is 11.0 Å². The largest absolute Gasteiger partial charge is 0.497 e. The number of hydrogen-bond donors (Lipinski definition) is 2. The highest BCUT2D eigenvalue weighted by atomic mass is 32.2. The van der Waals surface area contributed by atoms with Crippen molar-refractivity contribution >= 4 is 34.4 Å². The molecule has 0 radical (unpaired) electrons. The van der Waals surface area contributed by atoms with Gasteiger partial charge in [-0.05, 0) is 31.2 Å². The molecular weight excluding hydrogens is 310 g/mol. The molecule has 3 rings (SSSR count). The number of aromatic nitrogens is 2. The van der Waals surface area contributed by atoms with Crippen molar-refractivity contribution < 1.29 is 9.53 Å².